The average molecular weight is 191 g/mol. The highest BCUT2D eigenvalue weighted by Crippen LogP contribution is 2.17. The van der Waals surface area contributed by atoms with Crippen LogP contribution >= 0.6 is 11.3 Å². The van der Waals surface area contributed by atoms with Crippen molar-refractivity contribution in [2.24, 2.45) is 0 Å². The maximum absolute atomic E-state index is 11.2. The van der Waals surface area contributed by atoms with Crippen molar-refractivity contribution < 1.29 is 4.79 Å². The number of carbonyl (C=O) groups is 1. The molecule has 1 aromatic carbocycles. The van der Waals surface area contributed by atoms with Gasteiger partial charge in [0, 0.05) is 18.7 Å². The van der Waals surface area contributed by atoms with Crippen LogP contribution in [-0.4, -0.2) is 17.9 Å². The van der Waals surface area contributed by atoms with Gasteiger partial charge < -0.3 is 5.32 Å². The summed E-state index contributed by atoms with van der Waals surface area (Å²) < 4.78 is 0.918. The van der Waals surface area contributed by atoms with Crippen LogP contribution in [0.1, 0.15) is 10.4 Å². The third-order valence-corrected chi connectivity index (χ3v) is 2.48. The van der Waals surface area contributed by atoms with Crippen LogP contribution in [0.5, 0.6) is 0 Å². The summed E-state index contributed by atoms with van der Waals surface area (Å²) in [5.41, 5.74) is 3.19. The molecule has 0 atom stereocenters. The van der Waals surface area contributed by atoms with Crippen molar-refractivity contribution in [3.8, 4) is 0 Å². The molecule has 0 bridgehead atoms. The highest BCUT2D eigenvalue weighted by Gasteiger charge is 2.05. The number of fused-ring (bicyclic) bond motifs is 1. The summed E-state index contributed by atoms with van der Waals surface area (Å²) in [6.07, 6.45) is 0. The van der Waals surface area contributed by atoms with Crippen molar-refractivity contribution in [1.29, 1.82) is 0 Å². The summed E-state index contributed by atoms with van der Waals surface area (Å²) in [6, 6.07) is 6.55. The molecule has 13 heavy (non-hydrogen) atoms. The first kappa shape index (κ1) is 8.19. The minimum atomic E-state index is -0.115. The molecule has 0 aliphatic rings. The van der Waals surface area contributed by atoms with E-state index in [1.165, 1.54) is 11.3 Å². The van der Waals surface area contributed by atoms with Crippen LogP contribution in [0.4, 0.5) is 0 Å². The molecule has 4 heteroatoms. The van der Waals surface area contributed by atoms with E-state index >= 15 is 0 Å². The summed E-state index contributed by atoms with van der Waals surface area (Å²) in [4.78, 5) is 15.3. The Balaban J connectivity index is 2.54. The normalized spacial score (nSPS) is 10.2. The molecule has 1 heterocycles. The number of amides is 1. The third kappa shape index (κ3) is 1.40. The molecule has 2 rings (SSSR count). The van der Waals surface area contributed by atoms with Crippen LogP contribution in [-0.2, 0) is 0 Å². The Morgan fingerprint density at radius 1 is 1.62 bits per heavy atom. The lowest BCUT2D eigenvalue weighted by Crippen LogP contribution is -2.17. The quantitative estimate of drug-likeness (QED) is 0.741. The molecule has 0 saturated carbocycles. The van der Waals surface area contributed by atoms with E-state index in [-0.39, 0.29) is 5.91 Å². The summed E-state index contributed by atoms with van der Waals surface area (Å²) >= 11 is 1.48. The number of nitrogens with one attached hydrogen (secondary N) is 1. The predicted octanol–water partition coefficient (Wildman–Crippen LogP) is 1.46. The molecule has 0 unspecified atom stereocenters. The van der Waals surface area contributed by atoms with Crippen LogP contribution in [0.3, 0.4) is 0 Å². The first-order valence-electron chi connectivity index (χ1n) is 3.79. The van der Waals surface area contributed by atoms with E-state index in [4.69, 9.17) is 0 Å². The smallest absolute Gasteiger partial charge is 0.251 e. The van der Waals surface area contributed by atoms with E-state index in [0.717, 1.165) is 10.2 Å². The molecule has 3 nitrogen and oxygen atoms in total. The number of thiazole rings is 1. The van der Waals surface area contributed by atoms with Crippen LogP contribution in [0, 0.1) is 6.07 Å². The minimum absolute atomic E-state index is 0.115. The third-order valence-electron chi connectivity index (χ3n) is 1.72. The summed E-state index contributed by atoms with van der Waals surface area (Å²) in [6.45, 7) is 0. The summed E-state index contributed by atoms with van der Waals surface area (Å²) in [5.74, 6) is -0.115. The topological polar surface area (TPSA) is 42.0 Å². The Bertz CT molecular complexity index is 450. The van der Waals surface area contributed by atoms with Gasteiger partial charge in [0.05, 0.1) is 15.7 Å². The summed E-state index contributed by atoms with van der Waals surface area (Å²) in [7, 11) is 1.60. The van der Waals surface area contributed by atoms with Gasteiger partial charge in [-0.2, -0.15) is 0 Å². The van der Waals surface area contributed by atoms with Crippen LogP contribution < -0.4 is 5.32 Å². The molecular formula is C9H7N2OS. The summed E-state index contributed by atoms with van der Waals surface area (Å²) in [5, 5.41) is 2.55. The second-order valence-electron chi connectivity index (χ2n) is 2.52. The van der Waals surface area contributed by atoms with E-state index in [1.54, 1.807) is 18.6 Å². The molecule has 0 aliphatic heterocycles. The van der Waals surface area contributed by atoms with Crippen molar-refractivity contribution >= 4 is 27.5 Å². The molecule has 1 radical (unpaired) electrons. The van der Waals surface area contributed by atoms with Gasteiger partial charge in [-0.15, -0.1) is 11.3 Å². The van der Waals surface area contributed by atoms with Crippen LogP contribution in [0.25, 0.3) is 10.2 Å². The molecule has 0 aliphatic carbocycles. The number of nitrogens with zero attached hydrogens (tertiary/aromatic N) is 1. The lowest BCUT2D eigenvalue weighted by molar-refractivity contribution is 0.0963. The van der Waals surface area contributed by atoms with Gasteiger partial charge in [0.15, 0.2) is 0 Å². The Labute approximate surface area is 79.4 Å². The monoisotopic (exact) mass is 191 g/mol. The predicted molar refractivity (Wildman–Crippen MR) is 51.8 cm³/mol. The van der Waals surface area contributed by atoms with Crippen molar-refractivity contribution in [1.82, 2.24) is 10.3 Å². The fourth-order valence-corrected chi connectivity index (χ4v) is 1.74. The lowest BCUT2D eigenvalue weighted by Gasteiger charge is -1.97. The van der Waals surface area contributed by atoms with E-state index < -0.39 is 0 Å². The highest BCUT2D eigenvalue weighted by atomic mass is 32.1. The SMILES string of the molecule is CNC(=O)c1[c]c2scnc2cc1. The number of rotatable bonds is 1. The number of aromatic nitrogens is 1. The number of benzene rings is 1. The Morgan fingerprint density at radius 2 is 2.46 bits per heavy atom. The maximum atomic E-state index is 11.2. The highest BCUT2D eigenvalue weighted by molar-refractivity contribution is 7.16. The van der Waals surface area contributed by atoms with Gasteiger partial charge in [-0.25, -0.2) is 4.98 Å². The van der Waals surface area contributed by atoms with Crippen molar-refractivity contribution in [3.05, 3.63) is 29.3 Å². The van der Waals surface area contributed by atoms with E-state index in [9.17, 15) is 4.79 Å². The maximum Gasteiger partial charge on any atom is 0.251 e. The van der Waals surface area contributed by atoms with E-state index in [1.807, 2.05) is 6.07 Å². The van der Waals surface area contributed by atoms with Crippen molar-refractivity contribution in [2.75, 3.05) is 7.05 Å². The average Bonchev–Trinajstić information content (AvgIpc) is 2.63. The molecular weight excluding hydrogens is 184 g/mol. The van der Waals surface area contributed by atoms with E-state index in [0.29, 0.717) is 5.56 Å². The fourth-order valence-electron chi connectivity index (χ4n) is 1.06. The first-order chi connectivity index (χ1) is 6.31. The van der Waals surface area contributed by atoms with Gasteiger partial charge in [-0.05, 0) is 12.1 Å². The fraction of sp³-hybridized carbons (Fsp3) is 0.111. The van der Waals surface area contributed by atoms with Crippen molar-refractivity contribution in [2.45, 2.75) is 0 Å². The zero-order chi connectivity index (χ0) is 9.26. The van der Waals surface area contributed by atoms with Gasteiger partial charge in [0.2, 0.25) is 0 Å². The molecule has 1 aromatic heterocycles. The zero-order valence-corrected chi connectivity index (χ0v) is 7.81. The first-order valence-corrected chi connectivity index (χ1v) is 4.67. The molecule has 1 N–H and O–H groups in total. The number of hydrogen-bond acceptors (Lipinski definition) is 3. The molecule has 1 amide bonds. The minimum Gasteiger partial charge on any atom is -0.355 e. The Morgan fingerprint density at radius 3 is 3.23 bits per heavy atom. The van der Waals surface area contributed by atoms with Gasteiger partial charge in [-0.1, -0.05) is 0 Å². The van der Waals surface area contributed by atoms with Crippen molar-refractivity contribution in [3.63, 3.8) is 0 Å². The van der Waals surface area contributed by atoms with E-state index in [2.05, 4.69) is 16.4 Å². The molecule has 0 saturated heterocycles. The van der Waals surface area contributed by atoms with Gasteiger partial charge >= 0.3 is 0 Å². The molecule has 0 spiro atoms. The number of hydrogen-bond donors (Lipinski definition) is 1. The van der Waals surface area contributed by atoms with Gasteiger partial charge in [0.25, 0.3) is 5.91 Å². The Kier molecular flexibility index (Phi) is 1.98. The Hall–Kier alpha value is -1.42. The zero-order valence-electron chi connectivity index (χ0n) is 7.00. The number of carbonyl (C=O) groups excluding carboxylic acids is 1. The van der Waals surface area contributed by atoms with Gasteiger partial charge in [0.1, 0.15) is 0 Å². The van der Waals surface area contributed by atoms with Crippen LogP contribution in [0.15, 0.2) is 17.6 Å². The second kappa shape index (κ2) is 3.14. The lowest BCUT2D eigenvalue weighted by atomic mass is 10.2. The van der Waals surface area contributed by atoms with Gasteiger partial charge in [-0.3, -0.25) is 4.79 Å². The standard InChI is InChI=1S/C9H7N2OS/c1-10-9(12)6-2-3-7-8(4-6)13-5-11-7/h2-3,5H,1H3,(H,10,12). The van der Waals surface area contributed by atoms with Crippen LogP contribution in [0.2, 0.25) is 0 Å². The molecule has 0 fully saturated rings. The second-order valence-corrected chi connectivity index (χ2v) is 3.37. The largest absolute Gasteiger partial charge is 0.355 e. The molecule has 2 aromatic rings. The molecule has 65 valence electrons.